The molecule has 1 aromatic carbocycles. The van der Waals surface area contributed by atoms with Crippen LogP contribution >= 0.6 is 11.6 Å². The summed E-state index contributed by atoms with van der Waals surface area (Å²) in [7, 11) is 0. The van der Waals surface area contributed by atoms with Gasteiger partial charge in [-0.25, -0.2) is 0 Å². The Bertz CT molecular complexity index is 510. The van der Waals surface area contributed by atoms with Crippen LogP contribution in [0.2, 0.25) is 5.02 Å². The Morgan fingerprint density at radius 3 is 2.22 bits per heavy atom. The van der Waals surface area contributed by atoms with E-state index in [9.17, 15) is 10.2 Å². The monoisotopic (exact) mass is 342 g/mol. The molecule has 0 radical (unpaired) electrons. The van der Waals surface area contributed by atoms with Gasteiger partial charge in [-0.05, 0) is 31.9 Å². The first kappa shape index (κ1) is 19.7. The predicted octanol–water partition coefficient (Wildman–Crippen LogP) is 5.19. The third-order valence-electron chi connectivity index (χ3n) is 3.29. The second-order valence-corrected chi connectivity index (χ2v) is 5.88. The molecule has 1 rings (SSSR count). The van der Waals surface area contributed by atoms with Gasteiger partial charge in [-0.1, -0.05) is 38.3 Å². The average Bonchev–Trinajstić information content (AvgIpc) is 2.49. The molecule has 2 N–H and O–H groups in total. The summed E-state index contributed by atoms with van der Waals surface area (Å²) in [6, 6.07) is 3.35. The fraction of sp³-hybridized carbons (Fsp3) is 0.556. The molecule has 0 aliphatic carbocycles. The van der Waals surface area contributed by atoms with Crippen molar-refractivity contribution in [3.63, 3.8) is 0 Å². The maximum atomic E-state index is 10.2. The highest BCUT2D eigenvalue weighted by molar-refractivity contribution is 6.32. The van der Waals surface area contributed by atoms with Crippen molar-refractivity contribution in [2.24, 2.45) is 0 Å². The minimum Gasteiger partial charge on any atom is -0.513 e. The quantitative estimate of drug-likeness (QED) is 0.453. The van der Waals surface area contributed by atoms with E-state index >= 15 is 0 Å². The molecule has 0 aliphatic heterocycles. The fourth-order valence-electron chi connectivity index (χ4n) is 1.99. The number of aliphatic hydroxyl groups is 2. The smallest absolute Gasteiger partial charge is 0.141 e. The van der Waals surface area contributed by atoms with Crippen LogP contribution in [0.3, 0.4) is 0 Å². The summed E-state index contributed by atoms with van der Waals surface area (Å²) in [6.45, 7) is 6.81. The number of ether oxygens (including phenoxy) is 2. The molecular weight excluding hydrogens is 316 g/mol. The summed E-state index contributed by atoms with van der Waals surface area (Å²) in [5, 5.41) is 20.0. The van der Waals surface area contributed by atoms with Crippen LogP contribution in [0, 0.1) is 0 Å². The molecule has 0 saturated heterocycles. The Balaban J connectivity index is 3.05. The van der Waals surface area contributed by atoms with Crippen molar-refractivity contribution in [3.05, 3.63) is 34.6 Å². The first-order chi connectivity index (χ1) is 11.0. The Morgan fingerprint density at radius 2 is 1.70 bits per heavy atom. The molecule has 1 unspecified atom stereocenters. The summed E-state index contributed by atoms with van der Waals surface area (Å²) < 4.78 is 11.5. The van der Waals surface area contributed by atoms with Crippen LogP contribution in [-0.2, 0) is 0 Å². The lowest BCUT2D eigenvalue weighted by molar-refractivity contribution is 0.211. The Labute approximate surface area is 143 Å². The molecule has 130 valence electrons. The van der Waals surface area contributed by atoms with Gasteiger partial charge in [-0.2, -0.15) is 0 Å². The summed E-state index contributed by atoms with van der Waals surface area (Å²) in [4.78, 5) is 0. The highest BCUT2D eigenvalue weighted by Crippen LogP contribution is 2.37. The van der Waals surface area contributed by atoms with E-state index < -0.39 is 6.10 Å². The van der Waals surface area contributed by atoms with E-state index in [2.05, 4.69) is 13.8 Å². The van der Waals surface area contributed by atoms with Gasteiger partial charge in [-0.15, -0.1) is 0 Å². The van der Waals surface area contributed by atoms with Gasteiger partial charge in [0, 0.05) is 11.6 Å². The Hall–Kier alpha value is -1.39. The van der Waals surface area contributed by atoms with Gasteiger partial charge in [0.15, 0.2) is 0 Å². The molecule has 0 aliphatic rings. The summed E-state index contributed by atoms with van der Waals surface area (Å²) in [5.41, 5.74) is 0.516. The van der Waals surface area contributed by atoms with Gasteiger partial charge in [-0.3, -0.25) is 0 Å². The molecule has 0 heterocycles. The van der Waals surface area contributed by atoms with Crippen molar-refractivity contribution in [2.75, 3.05) is 13.2 Å². The van der Waals surface area contributed by atoms with Crippen LogP contribution in [0.5, 0.6) is 11.5 Å². The molecule has 0 aromatic heterocycles. The molecule has 0 saturated carbocycles. The van der Waals surface area contributed by atoms with Crippen LogP contribution in [0.15, 0.2) is 24.0 Å². The molecule has 1 atom stereocenters. The van der Waals surface area contributed by atoms with Crippen LogP contribution in [0.4, 0.5) is 0 Å². The van der Waals surface area contributed by atoms with E-state index in [1.807, 2.05) is 0 Å². The fourth-order valence-corrected chi connectivity index (χ4v) is 2.21. The zero-order valence-corrected chi connectivity index (χ0v) is 14.9. The topological polar surface area (TPSA) is 58.9 Å². The molecule has 4 nitrogen and oxygen atoms in total. The number of benzene rings is 1. The maximum absolute atomic E-state index is 10.2. The lowest BCUT2D eigenvalue weighted by atomic mass is 10.1. The number of unbranched alkanes of at least 4 members (excludes halogenated alkanes) is 2. The summed E-state index contributed by atoms with van der Waals surface area (Å²) in [5.74, 6) is 1.11. The van der Waals surface area contributed by atoms with Crippen molar-refractivity contribution < 1.29 is 19.7 Å². The molecule has 5 heteroatoms. The van der Waals surface area contributed by atoms with E-state index in [0.717, 1.165) is 25.7 Å². The number of rotatable bonds is 10. The van der Waals surface area contributed by atoms with Gasteiger partial charge in [0.1, 0.15) is 17.6 Å². The second kappa shape index (κ2) is 10.4. The Morgan fingerprint density at radius 1 is 1.13 bits per heavy atom. The van der Waals surface area contributed by atoms with E-state index in [1.165, 1.54) is 13.0 Å². The van der Waals surface area contributed by atoms with Crippen LogP contribution < -0.4 is 9.47 Å². The first-order valence-corrected chi connectivity index (χ1v) is 8.51. The molecule has 0 fully saturated rings. The van der Waals surface area contributed by atoms with Crippen LogP contribution in [-0.4, -0.2) is 23.4 Å². The Kier molecular flexibility index (Phi) is 8.89. The second-order valence-electron chi connectivity index (χ2n) is 5.48. The SMILES string of the molecule is CCCCOc1cc(OCCCC)c(C(O)/C=C(/C)O)cc1Cl. The van der Waals surface area contributed by atoms with Gasteiger partial charge in [0.25, 0.3) is 0 Å². The van der Waals surface area contributed by atoms with Gasteiger partial charge >= 0.3 is 0 Å². The number of hydrogen-bond donors (Lipinski definition) is 2. The number of aliphatic hydroxyl groups excluding tert-OH is 2. The van der Waals surface area contributed by atoms with Crippen LogP contribution in [0.1, 0.15) is 58.1 Å². The van der Waals surface area contributed by atoms with E-state index in [4.69, 9.17) is 21.1 Å². The zero-order chi connectivity index (χ0) is 17.2. The van der Waals surface area contributed by atoms with Crippen molar-refractivity contribution in [1.82, 2.24) is 0 Å². The number of hydrogen-bond acceptors (Lipinski definition) is 4. The van der Waals surface area contributed by atoms with Crippen LogP contribution in [0.25, 0.3) is 0 Å². The zero-order valence-electron chi connectivity index (χ0n) is 14.1. The maximum Gasteiger partial charge on any atom is 0.141 e. The van der Waals surface area contributed by atoms with Crippen molar-refractivity contribution in [1.29, 1.82) is 0 Å². The molecule has 0 bridgehead atoms. The molecule has 0 spiro atoms. The van der Waals surface area contributed by atoms with E-state index in [1.54, 1.807) is 12.1 Å². The molecule has 1 aromatic rings. The number of halogens is 1. The van der Waals surface area contributed by atoms with Crippen molar-refractivity contribution >= 4 is 11.6 Å². The largest absolute Gasteiger partial charge is 0.513 e. The highest BCUT2D eigenvalue weighted by Gasteiger charge is 2.16. The minimum absolute atomic E-state index is 0.0383. The third-order valence-corrected chi connectivity index (χ3v) is 3.59. The standard InChI is InChI=1S/C18H27ClO4/c1-4-6-8-22-17-12-18(23-9-7-5-2)15(19)11-14(17)16(21)10-13(3)20/h10-12,16,20-21H,4-9H2,1-3H3/b13-10-. The number of allylic oxidation sites excluding steroid dienone is 1. The lowest BCUT2D eigenvalue weighted by Crippen LogP contribution is -2.05. The molecule has 0 amide bonds. The molecular formula is C18H27ClO4. The molecule has 23 heavy (non-hydrogen) atoms. The normalized spacial score (nSPS) is 13.0. The van der Waals surface area contributed by atoms with E-state index in [0.29, 0.717) is 35.3 Å². The predicted molar refractivity (Wildman–Crippen MR) is 93.6 cm³/mol. The van der Waals surface area contributed by atoms with E-state index in [-0.39, 0.29) is 5.76 Å². The third kappa shape index (κ3) is 6.71. The summed E-state index contributed by atoms with van der Waals surface area (Å²) in [6.07, 6.45) is 4.27. The average molecular weight is 343 g/mol. The van der Waals surface area contributed by atoms with Crippen molar-refractivity contribution in [2.45, 2.75) is 52.6 Å². The summed E-state index contributed by atoms with van der Waals surface area (Å²) >= 11 is 6.25. The van der Waals surface area contributed by atoms with Gasteiger partial charge in [0.2, 0.25) is 0 Å². The highest BCUT2D eigenvalue weighted by atomic mass is 35.5. The van der Waals surface area contributed by atoms with Crippen molar-refractivity contribution in [3.8, 4) is 11.5 Å². The van der Waals surface area contributed by atoms with Gasteiger partial charge in [0.05, 0.1) is 24.0 Å². The lowest BCUT2D eigenvalue weighted by Gasteiger charge is -2.17. The first-order valence-electron chi connectivity index (χ1n) is 8.14. The van der Waals surface area contributed by atoms with Gasteiger partial charge < -0.3 is 19.7 Å². The minimum atomic E-state index is -0.987.